The van der Waals surface area contributed by atoms with Gasteiger partial charge in [0.1, 0.15) is 17.6 Å². The Labute approximate surface area is 219 Å². The minimum Gasteiger partial charge on any atom is -0.390 e. The van der Waals surface area contributed by atoms with E-state index in [4.69, 9.17) is 16.3 Å². The van der Waals surface area contributed by atoms with E-state index >= 15 is 0 Å². The number of nitrogens with zero attached hydrogens (tertiary/aromatic N) is 3. The molecule has 4 saturated carbocycles. The lowest BCUT2D eigenvalue weighted by molar-refractivity contribution is -0.175. The molecule has 0 unspecified atom stereocenters. The van der Waals surface area contributed by atoms with Gasteiger partial charge in [-0.1, -0.05) is 18.5 Å². The van der Waals surface area contributed by atoms with Crippen LogP contribution in [0.25, 0.3) is 11.0 Å². The summed E-state index contributed by atoms with van der Waals surface area (Å²) in [7, 11) is 1.85. The Morgan fingerprint density at radius 3 is 2.69 bits per heavy atom. The maximum absolute atomic E-state index is 13.7. The van der Waals surface area contributed by atoms with Gasteiger partial charge in [-0.2, -0.15) is 15.0 Å². The molecule has 6 nitrogen and oxygen atoms in total. The van der Waals surface area contributed by atoms with Crippen LogP contribution in [0.4, 0.5) is 0 Å². The molecular weight excluding hydrogens is 474 g/mol. The Morgan fingerprint density at radius 2 is 1.89 bits per heavy atom. The Hall–Kier alpha value is -1.50. The van der Waals surface area contributed by atoms with Gasteiger partial charge >= 0.3 is 0 Å². The zero-order chi connectivity index (χ0) is 25.3. The highest BCUT2D eigenvalue weighted by molar-refractivity contribution is 6.31. The van der Waals surface area contributed by atoms with Crippen LogP contribution in [0.3, 0.4) is 0 Å². The first-order valence-corrected chi connectivity index (χ1v) is 14.3. The molecule has 4 aliphatic rings. The molecular formula is C29H40ClN3O3. The van der Waals surface area contributed by atoms with E-state index < -0.39 is 5.60 Å². The number of methoxy groups -OCH3 is 1. The lowest BCUT2D eigenvalue weighted by atomic mass is 9.43. The molecule has 0 amide bonds. The van der Waals surface area contributed by atoms with Crippen LogP contribution in [-0.4, -0.2) is 45.2 Å². The number of carbonyl (C=O) groups excluding carboxylic acids is 1. The lowest BCUT2D eigenvalue weighted by Gasteiger charge is -2.62. The van der Waals surface area contributed by atoms with E-state index in [1.165, 1.54) is 19.3 Å². The molecule has 1 N–H and O–H groups in total. The molecule has 7 heteroatoms. The highest BCUT2D eigenvalue weighted by Gasteiger charge is 2.63. The van der Waals surface area contributed by atoms with Crippen molar-refractivity contribution in [1.82, 2.24) is 15.0 Å². The minimum atomic E-state index is -0.542. The number of ether oxygens (including phenoxy) is 1. The number of aromatic nitrogens is 3. The molecule has 1 aromatic carbocycles. The normalized spacial score (nSPS) is 42.1. The molecule has 4 aliphatic carbocycles. The van der Waals surface area contributed by atoms with Crippen molar-refractivity contribution in [1.29, 1.82) is 0 Å². The van der Waals surface area contributed by atoms with Crippen LogP contribution in [0.2, 0.25) is 5.02 Å². The fourth-order valence-corrected chi connectivity index (χ4v) is 9.73. The van der Waals surface area contributed by atoms with E-state index in [1.54, 1.807) is 10.9 Å². The number of hydrogen-bond acceptors (Lipinski definition) is 5. The first kappa shape index (κ1) is 24.8. The van der Waals surface area contributed by atoms with E-state index in [0.29, 0.717) is 28.7 Å². The molecule has 0 radical (unpaired) electrons. The van der Waals surface area contributed by atoms with Gasteiger partial charge in [0, 0.05) is 18.1 Å². The number of ketones is 1. The van der Waals surface area contributed by atoms with Crippen molar-refractivity contribution in [3.63, 3.8) is 0 Å². The number of fused-ring (bicyclic) bond motifs is 6. The van der Waals surface area contributed by atoms with E-state index in [1.807, 2.05) is 26.2 Å². The first-order valence-electron chi connectivity index (χ1n) is 13.9. The zero-order valence-corrected chi connectivity index (χ0v) is 22.6. The van der Waals surface area contributed by atoms with Crippen molar-refractivity contribution >= 4 is 28.4 Å². The predicted octanol–water partition coefficient (Wildman–Crippen LogP) is 5.69. The smallest absolute Gasteiger partial charge is 0.159 e. The molecule has 196 valence electrons. The number of halogens is 1. The van der Waals surface area contributed by atoms with Gasteiger partial charge in [0.25, 0.3) is 0 Å². The van der Waals surface area contributed by atoms with Gasteiger partial charge in [-0.3, -0.25) is 4.79 Å². The molecule has 0 bridgehead atoms. The summed E-state index contributed by atoms with van der Waals surface area (Å²) in [6.45, 7) is 5.46. The highest BCUT2D eigenvalue weighted by atomic mass is 35.5. The van der Waals surface area contributed by atoms with Crippen LogP contribution in [0.5, 0.6) is 0 Å². The fraction of sp³-hybridized carbons (Fsp3) is 0.759. The molecule has 1 heterocycles. The number of Topliss-reactive ketones (excluding diaryl/α,β-unsaturated/α-hetero) is 1. The third-order valence-corrected chi connectivity index (χ3v) is 11.4. The maximum Gasteiger partial charge on any atom is 0.159 e. The second-order valence-corrected chi connectivity index (χ2v) is 13.5. The average Bonchev–Trinajstić information content (AvgIpc) is 3.38. The van der Waals surface area contributed by atoms with E-state index in [2.05, 4.69) is 17.1 Å². The molecule has 2 aromatic rings. The molecule has 8 atom stereocenters. The monoisotopic (exact) mass is 513 g/mol. The summed E-state index contributed by atoms with van der Waals surface area (Å²) in [5, 5.41) is 20.6. The van der Waals surface area contributed by atoms with Gasteiger partial charge in [-0.05, 0) is 117 Å². The second kappa shape index (κ2) is 8.78. The maximum atomic E-state index is 13.7. The van der Waals surface area contributed by atoms with Crippen LogP contribution >= 0.6 is 11.6 Å². The van der Waals surface area contributed by atoms with Gasteiger partial charge < -0.3 is 9.84 Å². The van der Waals surface area contributed by atoms with E-state index in [9.17, 15) is 9.90 Å². The first-order chi connectivity index (χ1) is 17.1. The van der Waals surface area contributed by atoms with Crippen molar-refractivity contribution in [2.45, 2.75) is 83.8 Å². The van der Waals surface area contributed by atoms with Crippen LogP contribution in [0.15, 0.2) is 18.2 Å². The lowest BCUT2D eigenvalue weighted by Crippen LogP contribution is -2.58. The molecule has 1 aromatic heterocycles. The second-order valence-electron chi connectivity index (χ2n) is 13.0. The molecule has 6 rings (SSSR count). The molecule has 0 spiro atoms. The van der Waals surface area contributed by atoms with Crippen LogP contribution in [0.1, 0.15) is 71.6 Å². The summed E-state index contributed by atoms with van der Waals surface area (Å²) in [4.78, 5) is 15.2. The number of aliphatic hydroxyl groups is 1. The predicted molar refractivity (Wildman–Crippen MR) is 140 cm³/mol. The summed E-state index contributed by atoms with van der Waals surface area (Å²) in [6, 6.07) is 5.47. The summed E-state index contributed by atoms with van der Waals surface area (Å²) in [5.74, 6) is 2.78. The Balaban J connectivity index is 1.22. The van der Waals surface area contributed by atoms with Gasteiger partial charge in [-0.25, -0.2) is 0 Å². The molecule has 0 saturated heterocycles. The summed E-state index contributed by atoms with van der Waals surface area (Å²) >= 11 is 6.11. The quantitative estimate of drug-likeness (QED) is 0.555. The highest BCUT2D eigenvalue weighted by Crippen LogP contribution is 2.68. The zero-order valence-electron chi connectivity index (χ0n) is 21.9. The largest absolute Gasteiger partial charge is 0.390 e. The Morgan fingerprint density at radius 1 is 1.08 bits per heavy atom. The van der Waals surface area contributed by atoms with Crippen molar-refractivity contribution in [3.8, 4) is 0 Å². The molecule has 0 aliphatic heterocycles. The van der Waals surface area contributed by atoms with Crippen LogP contribution < -0.4 is 0 Å². The van der Waals surface area contributed by atoms with Gasteiger partial charge in [0.05, 0.1) is 12.2 Å². The number of carbonyl (C=O) groups is 1. The fourth-order valence-electron chi connectivity index (χ4n) is 9.56. The van der Waals surface area contributed by atoms with Crippen molar-refractivity contribution in [3.05, 3.63) is 23.2 Å². The summed E-state index contributed by atoms with van der Waals surface area (Å²) in [5.41, 5.74) is 1.20. The molecule has 4 fully saturated rings. The third-order valence-electron chi connectivity index (χ3n) is 11.1. The summed E-state index contributed by atoms with van der Waals surface area (Å²) in [6.07, 6.45) is 9.64. The van der Waals surface area contributed by atoms with E-state index in [-0.39, 0.29) is 29.1 Å². The van der Waals surface area contributed by atoms with Crippen molar-refractivity contribution < 1.29 is 14.6 Å². The molecule has 36 heavy (non-hydrogen) atoms. The van der Waals surface area contributed by atoms with Gasteiger partial charge in [0.15, 0.2) is 5.78 Å². The number of hydrogen-bond donors (Lipinski definition) is 1. The standard InChI is InChI=1S/C29H40ClN3O3/c1-27(35)12-13-29(17-36-3)18(15-27)4-6-20-21-7-8-23(28(21,2)11-10-22(20)29)26(34)16-33-31-24-9-5-19(30)14-25(24)32-33/h5,9,14,18,20-23,35H,4,6-8,10-13,15-17H2,1-3H3/t18-,20+,21+,22+,23-,27-,28+,29-/m1/s1. The van der Waals surface area contributed by atoms with Gasteiger partial charge in [0.2, 0.25) is 0 Å². The average molecular weight is 514 g/mol. The Kier molecular flexibility index (Phi) is 6.05. The summed E-state index contributed by atoms with van der Waals surface area (Å²) < 4.78 is 5.89. The van der Waals surface area contributed by atoms with Crippen LogP contribution in [-0.2, 0) is 16.1 Å². The van der Waals surface area contributed by atoms with Crippen molar-refractivity contribution in [2.75, 3.05) is 13.7 Å². The van der Waals surface area contributed by atoms with E-state index in [0.717, 1.165) is 56.2 Å². The SMILES string of the molecule is COC[C@]12CC[C@@](C)(O)C[C@H]1CC[C@H]1[C@@H]3CC[C@H](C(=O)Cn4nc5ccc(Cl)cc5n4)[C@@]3(C)CC[C@@H]12. The number of benzene rings is 1. The van der Waals surface area contributed by atoms with Crippen molar-refractivity contribution in [2.24, 2.45) is 40.4 Å². The van der Waals surface area contributed by atoms with Gasteiger partial charge in [-0.15, -0.1) is 0 Å². The Bertz CT molecular complexity index is 1160. The minimum absolute atomic E-state index is 0.0510. The number of rotatable bonds is 5. The third kappa shape index (κ3) is 3.85. The topological polar surface area (TPSA) is 77.2 Å². The van der Waals surface area contributed by atoms with Crippen LogP contribution in [0, 0.1) is 40.4 Å².